The lowest BCUT2D eigenvalue weighted by atomic mass is 10.2. The second-order valence-electron chi connectivity index (χ2n) is 4.58. The number of hydrogen-bond acceptors (Lipinski definition) is 3. The van der Waals surface area contributed by atoms with Gasteiger partial charge in [0.2, 0.25) is 5.91 Å². The van der Waals surface area contributed by atoms with Crippen molar-refractivity contribution in [2.24, 2.45) is 0 Å². The molecule has 0 radical (unpaired) electrons. The summed E-state index contributed by atoms with van der Waals surface area (Å²) in [6.45, 7) is 1.36. The van der Waals surface area contributed by atoms with Gasteiger partial charge in [-0.25, -0.2) is 0 Å². The quantitative estimate of drug-likeness (QED) is 0.926. The highest BCUT2D eigenvalue weighted by molar-refractivity contribution is 6.02. The van der Waals surface area contributed by atoms with Gasteiger partial charge in [-0.2, -0.15) is 0 Å². The molecule has 0 atom stereocenters. The Balaban J connectivity index is 1.66. The normalized spacial score (nSPS) is 13.6. The first-order valence-corrected chi connectivity index (χ1v) is 6.66. The van der Waals surface area contributed by atoms with Crippen LogP contribution in [0.15, 0.2) is 54.6 Å². The molecule has 20 heavy (non-hydrogen) atoms. The molecular formula is C16H16N2O2. The summed E-state index contributed by atoms with van der Waals surface area (Å²) >= 11 is 0. The average Bonchev–Trinajstić information content (AvgIpc) is 2.50. The van der Waals surface area contributed by atoms with Crippen LogP contribution in [0, 0.1) is 0 Å². The number of anilines is 2. The van der Waals surface area contributed by atoms with E-state index in [9.17, 15) is 4.79 Å². The van der Waals surface area contributed by atoms with Crippen LogP contribution in [0.2, 0.25) is 0 Å². The number of amides is 1. The van der Waals surface area contributed by atoms with Gasteiger partial charge in [-0.3, -0.25) is 4.79 Å². The third kappa shape index (κ3) is 2.59. The van der Waals surface area contributed by atoms with Gasteiger partial charge in [0.1, 0.15) is 12.4 Å². The van der Waals surface area contributed by atoms with Gasteiger partial charge < -0.3 is 15.0 Å². The molecule has 1 aliphatic rings. The predicted molar refractivity (Wildman–Crippen MR) is 79.2 cm³/mol. The zero-order valence-corrected chi connectivity index (χ0v) is 11.1. The fourth-order valence-electron chi connectivity index (χ4n) is 2.28. The van der Waals surface area contributed by atoms with Crippen molar-refractivity contribution in [1.82, 2.24) is 0 Å². The van der Waals surface area contributed by atoms with Crippen LogP contribution in [-0.2, 0) is 4.79 Å². The lowest BCUT2D eigenvalue weighted by Gasteiger charge is -2.30. The molecule has 2 aromatic rings. The van der Waals surface area contributed by atoms with Crippen LogP contribution < -0.4 is 15.0 Å². The van der Waals surface area contributed by atoms with E-state index in [1.165, 1.54) is 0 Å². The van der Waals surface area contributed by atoms with E-state index in [2.05, 4.69) is 5.32 Å². The number of ether oxygens (including phenoxy) is 1. The van der Waals surface area contributed by atoms with Crippen LogP contribution in [0.4, 0.5) is 11.4 Å². The zero-order chi connectivity index (χ0) is 13.8. The van der Waals surface area contributed by atoms with Crippen LogP contribution in [0.5, 0.6) is 5.75 Å². The van der Waals surface area contributed by atoms with Gasteiger partial charge in [0.15, 0.2) is 0 Å². The van der Waals surface area contributed by atoms with Crippen molar-refractivity contribution in [1.29, 1.82) is 0 Å². The first kappa shape index (κ1) is 12.5. The summed E-state index contributed by atoms with van der Waals surface area (Å²) in [5, 5.41) is 3.12. The SMILES string of the molecule is O=C1CNc2ccccc2N1CCOc1ccccc1. The van der Waals surface area contributed by atoms with Crippen LogP contribution in [-0.4, -0.2) is 25.6 Å². The molecule has 4 heteroatoms. The van der Waals surface area contributed by atoms with E-state index in [0.29, 0.717) is 19.7 Å². The summed E-state index contributed by atoms with van der Waals surface area (Å²) in [5.41, 5.74) is 1.91. The highest BCUT2D eigenvalue weighted by atomic mass is 16.5. The van der Waals surface area contributed by atoms with Crippen LogP contribution in [0.1, 0.15) is 0 Å². The van der Waals surface area contributed by atoms with Crippen molar-refractivity contribution in [3.05, 3.63) is 54.6 Å². The second-order valence-corrected chi connectivity index (χ2v) is 4.58. The Morgan fingerprint density at radius 3 is 2.65 bits per heavy atom. The molecule has 0 spiro atoms. The number of rotatable bonds is 4. The number of fused-ring (bicyclic) bond motifs is 1. The van der Waals surface area contributed by atoms with Crippen LogP contribution in [0.3, 0.4) is 0 Å². The lowest BCUT2D eigenvalue weighted by Crippen LogP contribution is -2.42. The molecule has 0 aromatic heterocycles. The topological polar surface area (TPSA) is 41.6 Å². The second kappa shape index (κ2) is 5.65. The highest BCUT2D eigenvalue weighted by Gasteiger charge is 2.22. The molecule has 1 N–H and O–H groups in total. The molecule has 0 saturated heterocycles. The van der Waals surface area contributed by atoms with Crippen LogP contribution in [0.25, 0.3) is 0 Å². The molecule has 3 rings (SSSR count). The number of benzene rings is 2. The molecule has 1 heterocycles. The summed E-state index contributed by atoms with van der Waals surface area (Å²) in [5.74, 6) is 0.892. The van der Waals surface area contributed by atoms with Gasteiger partial charge in [0, 0.05) is 0 Å². The van der Waals surface area contributed by atoms with Gasteiger partial charge in [0.25, 0.3) is 0 Å². The Morgan fingerprint density at radius 1 is 1.05 bits per heavy atom. The van der Waals surface area contributed by atoms with E-state index in [-0.39, 0.29) is 5.91 Å². The summed E-state index contributed by atoms with van der Waals surface area (Å²) < 4.78 is 5.66. The van der Waals surface area contributed by atoms with Gasteiger partial charge in [-0.1, -0.05) is 30.3 Å². The van der Waals surface area contributed by atoms with Crippen molar-refractivity contribution in [2.75, 3.05) is 29.9 Å². The van der Waals surface area contributed by atoms with Crippen molar-refractivity contribution >= 4 is 17.3 Å². The van der Waals surface area contributed by atoms with E-state index in [1.54, 1.807) is 4.90 Å². The molecule has 0 unspecified atom stereocenters. The lowest BCUT2D eigenvalue weighted by molar-refractivity contribution is -0.117. The Hall–Kier alpha value is -2.49. The molecule has 4 nitrogen and oxygen atoms in total. The monoisotopic (exact) mass is 268 g/mol. The van der Waals surface area contributed by atoms with E-state index in [0.717, 1.165) is 17.1 Å². The molecule has 0 fully saturated rings. The molecule has 1 amide bonds. The smallest absolute Gasteiger partial charge is 0.246 e. The number of carbonyl (C=O) groups is 1. The molecule has 0 aliphatic carbocycles. The molecule has 1 aliphatic heterocycles. The molecule has 2 aromatic carbocycles. The van der Waals surface area contributed by atoms with Crippen molar-refractivity contribution in [2.45, 2.75) is 0 Å². The van der Waals surface area contributed by atoms with Crippen molar-refractivity contribution in [3.63, 3.8) is 0 Å². The molecule has 0 saturated carbocycles. The zero-order valence-electron chi connectivity index (χ0n) is 11.1. The van der Waals surface area contributed by atoms with E-state index >= 15 is 0 Å². The van der Waals surface area contributed by atoms with Gasteiger partial charge in [0.05, 0.1) is 24.5 Å². The maximum absolute atomic E-state index is 12.0. The summed E-state index contributed by atoms with van der Waals surface area (Å²) in [7, 11) is 0. The summed E-state index contributed by atoms with van der Waals surface area (Å²) in [6, 6.07) is 17.4. The maximum Gasteiger partial charge on any atom is 0.246 e. The fraction of sp³-hybridized carbons (Fsp3) is 0.188. The first-order valence-electron chi connectivity index (χ1n) is 6.66. The van der Waals surface area contributed by atoms with Gasteiger partial charge >= 0.3 is 0 Å². The third-order valence-electron chi connectivity index (χ3n) is 3.25. The molecule has 102 valence electrons. The Kier molecular flexibility index (Phi) is 3.54. The predicted octanol–water partition coefficient (Wildman–Crippen LogP) is 2.52. The van der Waals surface area contributed by atoms with E-state index < -0.39 is 0 Å². The van der Waals surface area contributed by atoms with Crippen molar-refractivity contribution in [3.8, 4) is 5.75 Å². The summed E-state index contributed by atoms with van der Waals surface area (Å²) in [6.07, 6.45) is 0. The largest absolute Gasteiger partial charge is 0.492 e. The first-order chi connectivity index (χ1) is 9.84. The Morgan fingerprint density at radius 2 is 1.80 bits per heavy atom. The maximum atomic E-state index is 12.0. The van der Waals surface area contributed by atoms with Crippen molar-refractivity contribution < 1.29 is 9.53 Å². The molecule has 0 bridgehead atoms. The van der Waals surface area contributed by atoms with Crippen LogP contribution >= 0.6 is 0 Å². The van der Waals surface area contributed by atoms with E-state index in [1.807, 2.05) is 54.6 Å². The number of nitrogens with zero attached hydrogens (tertiary/aromatic N) is 1. The molecular weight excluding hydrogens is 252 g/mol. The number of hydrogen-bond donors (Lipinski definition) is 1. The number of carbonyl (C=O) groups excluding carboxylic acids is 1. The number of para-hydroxylation sites is 3. The minimum Gasteiger partial charge on any atom is -0.492 e. The third-order valence-corrected chi connectivity index (χ3v) is 3.25. The minimum atomic E-state index is 0.0698. The van der Waals surface area contributed by atoms with Gasteiger partial charge in [-0.05, 0) is 24.3 Å². The minimum absolute atomic E-state index is 0.0698. The van der Waals surface area contributed by atoms with E-state index in [4.69, 9.17) is 4.74 Å². The Labute approximate surface area is 118 Å². The summed E-state index contributed by atoms with van der Waals surface area (Å²) in [4.78, 5) is 13.8. The Bertz CT molecular complexity index is 598. The fourth-order valence-corrected chi connectivity index (χ4v) is 2.28. The van der Waals surface area contributed by atoms with Gasteiger partial charge in [-0.15, -0.1) is 0 Å². The number of nitrogens with one attached hydrogen (secondary N) is 1. The highest BCUT2D eigenvalue weighted by Crippen LogP contribution is 2.28. The standard InChI is InChI=1S/C16H16N2O2/c19-16-12-17-14-8-4-5-9-15(14)18(16)10-11-20-13-6-2-1-3-7-13/h1-9,17H,10-12H2. The average molecular weight is 268 g/mol.